The Hall–Kier alpha value is -1.81. The van der Waals surface area contributed by atoms with E-state index in [1.165, 1.54) is 18.4 Å². The Bertz CT molecular complexity index is 619. The van der Waals surface area contributed by atoms with Gasteiger partial charge in [-0.3, -0.25) is 4.90 Å². The fourth-order valence-electron chi connectivity index (χ4n) is 3.23. The fourth-order valence-corrected chi connectivity index (χ4v) is 3.23. The molecule has 0 unspecified atom stereocenters. The predicted molar refractivity (Wildman–Crippen MR) is 89.5 cm³/mol. The van der Waals surface area contributed by atoms with Crippen molar-refractivity contribution in [3.63, 3.8) is 0 Å². The Morgan fingerprint density at radius 1 is 1.13 bits per heavy atom. The molecule has 3 rings (SSSR count). The van der Waals surface area contributed by atoms with Crippen LogP contribution in [0.5, 0.6) is 0 Å². The number of benzene rings is 1. The summed E-state index contributed by atoms with van der Waals surface area (Å²) in [5, 5.41) is 0. The highest BCUT2D eigenvalue weighted by atomic mass is 19.1. The minimum atomic E-state index is -0.153. The Kier molecular flexibility index (Phi) is 5.34. The first kappa shape index (κ1) is 16.1. The Morgan fingerprint density at radius 2 is 1.87 bits per heavy atom. The summed E-state index contributed by atoms with van der Waals surface area (Å²) >= 11 is 0. The van der Waals surface area contributed by atoms with Crippen LogP contribution in [0.4, 0.5) is 4.39 Å². The number of hydrogen-bond acceptors (Lipinski definition) is 3. The molecule has 3 nitrogen and oxygen atoms in total. The summed E-state index contributed by atoms with van der Waals surface area (Å²) < 4.78 is 13.0. The van der Waals surface area contributed by atoms with Crippen molar-refractivity contribution in [3.8, 4) is 0 Å². The van der Waals surface area contributed by atoms with E-state index in [1.54, 1.807) is 12.1 Å². The Labute approximate surface area is 137 Å². The molecule has 0 bridgehead atoms. The number of piperidine rings is 1. The van der Waals surface area contributed by atoms with E-state index in [-0.39, 0.29) is 5.82 Å². The monoisotopic (exact) mass is 313 g/mol. The van der Waals surface area contributed by atoms with E-state index < -0.39 is 0 Å². The van der Waals surface area contributed by atoms with Gasteiger partial charge in [0.25, 0.3) is 0 Å². The van der Waals surface area contributed by atoms with E-state index in [0.29, 0.717) is 5.92 Å². The first-order chi connectivity index (χ1) is 11.2. The first-order valence-corrected chi connectivity index (χ1v) is 8.50. The van der Waals surface area contributed by atoms with Crippen LogP contribution in [0, 0.1) is 11.7 Å². The molecule has 1 fully saturated rings. The Morgan fingerprint density at radius 3 is 2.57 bits per heavy atom. The second-order valence-corrected chi connectivity index (χ2v) is 6.37. The third-order valence-electron chi connectivity index (χ3n) is 4.61. The van der Waals surface area contributed by atoms with Gasteiger partial charge in [0.1, 0.15) is 11.6 Å². The topological polar surface area (TPSA) is 29.0 Å². The van der Waals surface area contributed by atoms with Crippen molar-refractivity contribution >= 4 is 0 Å². The van der Waals surface area contributed by atoms with Gasteiger partial charge in [-0.2, -0.15) is 0 Å². The molecule has 122 valence electrons. The van der Waals surface area contributed by atoms with Crippen LogP contribution in [0.15, 0.2) is 36.5 Å². The average Bonchev–Trinajstić information content (AvgIpc) is 2.59. The normalized spacial score (nSPS) is 16.6. The maximum absolute atomic E-state index is 13.0. The third kappa shape index (κ3) is 4.58. The summed E-state index contributed by atoms with van der Waals surface area (Å²) in [6.45, 7) is 5.22. The molecule has 0 atom stereocenters. The minimum absolute atomic E-state index is 0.153. The van der Waals surface area contributed by atoms with Gasteiger partial charge in [0.2, 0.25) is 0 Å². The van der Waals surface area contributed by atoms with Crippen LogP contribution in [0.3, 0.4) is 0 Å². The maximum Gasteiger partial charge on any atom is 0.128 e. The summed E-state index contributed by atoms with van der Waals surface area (Å²) in [6.07, 6.45) is 6.20. The summed E-state index contributed by atoms with van der Waals surface area (Å²) in [7, 11) is 0. The smallest absolute Gasteiger partial charge is 0.128 e. The van der Waals surface area contributed by atoms with Gasteiger partial charge < -0.3 is 0 Å². The standard InChI is InChI=1S/C19H24FN3/c1-2-19-21-10-7-18(22-19)14-23-11-8-16(9-12-23)13-15-3-5-17(20)6-4-15/h3-7,10,16H,2,8-9,11-14H2,1H3. The lowest BCUT2D eigenvalue weighted by molar-refractivity contribution is 0.175. The molecule has 0 amide bonds. The number of rotatable bonds is 5. The van der Waals surface area contributed by atoms with Crippen molar-refractivity contribution < 1.29 is 4.39 Å². The lowest BCUT2D eigenvalue weighted by atomic mass is 9.90. The SMILES string of the molecule is CCc1nccc(CN2CCC(Cc3ccc(F)cc3)CC2)n1. The van der Waals surface area contributed by atoms with E-state index in [1.807, 2.05) is 24.4 Å². The van der Waals surface area contributed by atoms with Crippen LogP contribution in [-0.2, 0) is 19.4 Å². The van der Waals surface area contributed by atoms with E-state index in [2.05, 4.69) is 21.8 Å². The second kappa shape index (κ2) is 7.64. The zero-order chi connectivity index (χ0) is 16.1. The molecular weight excluding hydrogens is 289 g/mol. The van der Waals surface area contributed by atoms with Gasteiger partial charge in [-0.15, -0.1) is 0 Å². The summed E-state index contributed by atoms with van der Waals surface area (Å²) in [5.74, 6) is 1.47. The van der Waals surface area contributed by atoms with Crippen LogP contribution in [0.1, 0.15) is 36.8 Å². The van der Waals surface area contributed by atoms with Gasteiger partial charge >= 0.3 is 0 Å². The number of aryl methyl sites for hydroxylation is 1. The largest absolute Gasteiger partial charge is 0.297 e. The van der Waals surface area contributed by atoms with Crippen LogP contribution in [-0.4, -0.2) is 28.0 Å². The molecule has 0 aliphatic carbocycles. The molecule has 0 N–H and O–H groups in total. The van der Waals surface area contributed by atoms with Crippen LogP contribution in [0.25, 0.3) is 0 Å². The summed E-state index contributed by atoms with van der Waals surface area (Å²) in [5.41, 5.74) is 2.36. The van der Waals surface area contributed by atoms with Crippen molar-refractivity contribution in [1.82, 2.24) is 14.9 Å². The lowest BCUT2D eigenvalue weighted by Crippen LogP contribution is -2.34. The zero-order valence-electron chi connectivity index (χ0n) is 13.7. The van der Waals surface area contributed by atoms with Gasteiger partial charge in [-0.1, -0.05) is 19.1 Å². The van der Waals surface area contributed by atoms with Crippen LogP contribution >= 0.6 is 0 Å². The molecule has 2 aromatic rings. The molecular formula is C19H24FN3. The van der Waals surface area contributed by atoms with Crippen molar-refractivity contribution in [3.05, 3.63) is 59.4 Å². The number of hydrogen-bond donors (Lipinski definition) is 0. The van der Waals surface area contributed by atoms with Crippen molar-refractivity contribution in [2.24, 2.45) is 5.92 Å². The fraction of sp³-hybridized carbons (Fsp3) is 0.474. The Balaban J connectivity index is 1.49. The number of halogens is 1. The van der Waals surface area contributed by atoms with E-state index in [4.69, 9.17) is 0 Å². The minimum Gasteiger partial charge on any atom is -0.297 e. The number of likely N-dealkylation sites (tertiary alicyclic amines) is 1. The summed E-state index contributed by atoms with van der Waals surface area (Å²) in [4.78, 5) is 11.3. The maximum atomic E-state index is 13.0. The molecule has 0 saturated carbocycles. The van der Waals surface area contributed by atoms with Crippen LogP contribution in [0.2, 0.25) is 0 Å². The molecule has 1 aliphatic heterocycles. The second-order valence-electron chi connectivity index (χ2n) is 6.37. The third-order valence-corrected chi connectivity index (χ3v) is 4.61. The van der Waals surface area contributed by atoms with Crippen molar-refractivity contribution in [2.45, 2.75) is 39.2 Å². The molecule has 1 saturated heterocycles. The number of aromatic nitrogens is 2. The molecule has 2 heterocycles. The van der Waals surface area contributed by atoms with Crippen LogP contribution < -0.4 is 0 Å². The molecule has 1 aromatic carbocycles. The van der Waals surface area contributed by atoms with Crippen molar-refractivity contribution in [1.29, 1.82) is 0 Å². The quantitative estimate of drug-likeness (QED) is 0.844. The molecule has 1 aliphatic rings. The first-order valence-electron chi connectivity index (χ1n) is 8.50. The average molecular weight is 313 g/mol. The highest BCUT2D eigenvalue weighted by molar-refractivity contribution is 5.16. The van der Waals surface area contributed by atoms with Gasteiger partial charge in [0.15, 0.2) is 0 Å². The zero-order valence-corrected chi connectivity index (χ0v) is 13.7. The van der Waals surface area contributed by atoms with E-state index >= 15 is 0 Å². The van der Waals surface area contributed by atoms with Gasteiger partial charge in [-0.25, -0.2) is 14.4 Å². The van der Waals surface area contributed by atoms with Gasteiger partial charge in [-0.05, 0) is 62.0 Å². The lowest BCUT2D eigenvalue weighted by Gasteiger charge is -2.31. The molecule has 1 aromatic heterocycles. The molecule has 0 spiro atoms. The van der Waals surface area contributed by atoms with Crippen molar-refractivity contribution in [2.75, 3.05) is 13.1 Å². The predicted octanol–water partition coefficient (Wildman–Crippen LogP) is 3.63. The number of nitrogens with zero attached hydrogens (tertiary/aromatic N) is 3. The van der Waals surface area contributed by atoms with E-state index in [0.717, 1.165) is 44.0 Å². The van der Waals surface area contributed by atoms with Gasteiger partial charge in [0.05, 0.1) is 5.69 Å². The molecule has 23 heavy (non-hydrogen) atoms. The summed E-state index contributed by atoms with van der Waals surface area (Å²) in [6, 6.07) is 8.96. The molecule has 4 heteroatoms. The highest BCUT2D eigenvalue weighted by Crippen LogP contribution is 2.22. The van der Waals surface area contributed by atoms with E-state index in [9.17, 15) is 4.39 Å². The van der Waals surface area contributed by atoms with Gasteiger partial charge in [0, 0.05) is 19.2 Å². The highest BCUT2D eigenvalue weighted by Gasteiger charge is 2.20. The molecule has 0 radical (unpaired) electrons.